The molecular weight excluding hydrogens is 364 g/mol. The number of hydrogen-bond acceptors (Lipinski definition) is 5. The van der Waals surface area contributed by atoms with E-state index in [9.17, 15) is 4.79 Å². The average Bonchev–Trinajstić information content (AvgIpc) is 3.19. The van der Waals surface area contributed by atoms with Gasteiger partial charge >= 0.3 is 0 Å². The standard InChI is InChI=1S/C22H22N6O/c1-23-21-22-26-14-19(28(22)12-11-25-21)17-7-9-18(10-8-17)27-20(29)15-24-13-16-5-3-2-4-6-16/h2-12,14,24H,13,15H2,1H3,(H,23,25)(H,27,29). The van der Waals surface area contributed by atoms with E-state index >= 15 is 0 Å². The quantitative estimate of drug-likeness (QED) is 0.454. The number of aromatic nitrogens is 3. The molecule has 4 aromatic rings. The maximum absolute atomic E-state index is 12.2. The molecule has 7 nitrogen and oxygen atoms in total. The van der Waals surface area contributed by atoms with E-state index in [1.165, 1.54) is 0 Å². The molecule has 0 saturated heterocycles. The first-order valence-electron chi connectivity index (χ1n) is 9.39. The van der Waals surface area contributed by atoms with E-state index in [1.807, 2.05) is 78.4 Å². The summed E-state index contributed by atoms with van der Waals surface area (Å²) in [6.45, 7) is 0.911. The second-order valence-corrected chi connectivity index (χ2v) is 6.58. The number of benzene rings is 2. The predicted octanol–water partition coefficient (Wildman–Crippen LogP) is 3.17. The number of carbonyl (C=O) groups excluding carboxylic acids is 1. The molecule has 0 atom stereocenters. The number of amides is 1. The highest BCUT2D eigenvalue weighted by molar-refractivity contribution is 5.92. The first kappa shape index (κ1) is 18.6. The molecule has 146 valence electrons. The Morgan fingerprint density at radius 2 is 1.83 bits per heavy atom. The van der Waals surface area contributed by atoms with Crippen molar-refractivity contribution in [2.24, 2.45) is 0 Å². The Morgan fingerprint density at radius 3 is 2.59 bits per heavy atom. The minimum absolute atomic E-state index is 0.0757. The molecule has 2 heterocycles. The van der Waals surface area contributed by atoms with Crippen LogP contribution in [0.2, 0.25) is 0 Å². The van der Waals surface area contributed by atoms with Gasteiger partial charge in [-0.2, -0.15) is 0 Å². The molecule has 0 aliphatic heterocycles. The van der Waals surface area contributed by atoms with Gasteiger partial charge in [-0.1, -0.05) is 42.5 Å². The van der Waals surface area contributed by atoms with Crippen LogP contribution >= 0.6 is 0 Å². The lowest BCUT2D eigenvalue weighted by Crippen LogP contribution is -2.27. The van der Waals surface area contributed by atoms with Crippen LogP contribution in [-0.2, 0) is 11.3 Å². The molecule has 3 N–H and O–H groups in total. The molecule has 4 rings (SSSR count). The Bertz CT molecular complexity index is 1110. The molecule has 0 aliphatic rings. The number of anilines is 2. The van der Waals surface area contributed by atoms with Gasteiger partial charge < -0.3 is 16.0 Å². The van der Waals surface area contributed by atoms with Gasteiger partial charge in [-0.3, -0.25) is 9.20 Å². The molecule has 2 aromatic heterocycles. The third-order valence-corrected chi connectivity index (χ3v) is 4.59. The fourth-order valence-corrected chi connectivity index (χ4v) is 3.15. The molecular formula is C22H22N6O. The molecule has 0 saturated carbocycles. The minimum atomic E-state index is -0.0757. The largest absolute Gasteiger partial charge is 0.370 e. The van der Waals surface area contributed by atoms with Gasteiger partial charge in [-0.15, -0.1) is 0 Å². The third kappa shape index (κ3) is 4.25. The molecule has 0 radical (unpaired) electrons. The number of hydrogen-bond donors (Lipinski definition) is 3. The molecule has 0 unspecified atom stereocenters. The molecule has 1 amide bonds. The fourth-order valence-electron chi connectivity index (χ4n) is 3.15. The van der Waals surface area contributed by atoms with Crippen LogP contribution in [-0.4, -0.2) is 33.9 Å². The highest BCUT2D eigenvalue weighted by Gasteiger charge is 2.10. The molecule has 0 bridgehead atoms. The Kier molecular flexibility index (Phi) is 5.49. The molecule has 29 heavy (non-hydrogen) atoms. The van der Waals surface area contributed by atoms with Crippen LogP contribution in [0.5, 0.6) is 0 Å². The van der Waals surface area contributed by atoms with Crippen LogP contribution in [0.1, 0.15) is 5.56 Å². The summed E-state index contributed by atoms with van der Waals surface area (Å²) in [5.41, 5.74) is 4.64. The van der Waals surface area contributed by atoms with Crippen molar-refractivity contribution in [3.63, 3.8) is 0 Å². The second-order valence-electron chi connectivity index (χ2n) is 6.58. The highest BCUT2D eigenvalue weighted by Crippen LogP contribution is 2.24. The summed E-state index contributed by atoms with van der Waals surface area (Å²) in [6, 6.07) is 17.7. The van der Waals surface area contributed by atoms with Crippen LogP contribution in [0, 0.1) is 0 Å². The predicted molar refractivity (Wildman–Crippen MR) is 115 cm³/mol. The number of rotatable bonds is 7. The molecule has 7 heteroatoms. The lowest BCUT2D eigenvalue weighted by molar-refractivity contribution is -0.115. The van der Waals surface area contributed by atoms with Crippen LogP contribution in [0.15, 0.2) is 73.2 Å². The van der Waals surface area contributed by atoms with Crippen molar-refractivity contribution in [1.29, 1.82) is 0 Å². The van der Waals surface area contributed by atoms with Gasteiger partial charge in [0, 0.05) is 37.2 Å². The number of imidazole rings is 1. The first-order valence-corrected chi connectivity index (χ1v) is 9.39. The Labute approximate surface area is 168 Å². The SMILES string of the molecule is CNc1nccn2c(-c3ccc(NC(=O)CNCc4ccccc4)cc3)cnc12. The number of nitrogens with zero attached hydrogens (tertiary/aromatic N) is 3. The van der Waals surface area contributed by atoms with Gasteiger partial charge in [0.1, 0.15) is 0 Å². The van der Waals surface area contributed by atoms with Crippen molar-refractivity contribution in [3.8, 4) is 11.3 Å². The second kappa shape index (κ2) is 8.53. The Morgan fingerprint density at radius 1 is 1.03 bits per heavy atom. The molecule has 0 aliphatic carbocycles. The summed E-state index contributed by atoms with van der Waals surface area (Å²) in [4.78, 5) is 20.9. The summed E-state index contributed by atoms with van der Waals surface area (Å²) in [5, 5.41) is 9.11. The van der Waals surface area contributed by atoms with Crippen molar-refractivity contribution in [2.75, 3.05) is 24.2 Å². The van der Waals surface area contributed by atoms with Gasteiger partial charge in [-0.25, -0.2) is 9.97 Å². The lowest BCUT2D eigenvalue weighted by atomic mass is 10.1. The number of fused-ring (bicyclic) bond motifs is 1. The zero-order valence-corrected chi connectivity index (χ0v) is 16.1. The minimum Gasteiger partial charge on any atom is -0.370 e. The topological polar surface area (TPSA) is 83.3 Å². The zero-order chi connectivity index (χ0) is 20.1. The van der Waals surface area contributed by atoms with E-state index in [2.05, 4.69) is 25.9 Å². The maximum Gasteiger partial charge on any atom is 0.238 e. The monoisotopic (exact) mass is 386 g/mol. The van der Waals surface area contributed by atoms with E-state index in [4.69, 9.17) is 0 Å². The first-order chi connectivity index (χ1) is 14.2. The summed E-state index contributed by atoms with van der Waals surface area (Å²) < 4.78 is 1.99. The van der Waals surface area contributed by atoms with Crippen molar-refractivity contribution >= 4 is 23.1 Å². The normalized spacial score (nSPS) is 10.8. The van der Waals surface area contributed by atoms with E-state index in [1.54, 1.807) is 6.20 Å². The smallest absolute Gasteiger partial charge is 0.238 e. The van der Waals surface area contributed by atoms with Gasteiger partial charge in [0.25, 0.3) is 0 Å². The Hall–Kier alpha value is -3.71. The van der Waals surface area contributed by atoms with E-state index in [-0.39, 0.29) is 12.5 Å². The average molecular weight is 386 g/mol. The van der Waals surface area contributed by atoms with Gasteiger partial charge in [0.05, 0.1) is 18.4 Å². The summed E-state index contributed by atoms with van der Waals surface area (Å²) in [5.74, 6) is 0.652. The number of carbonyl (C=O) groups is 1. The summed E-state index contributed by atoms with van der Waals surface area (Å²) >= 11 is 0. The molecule has 0 spiro atoms. The molecule has 0 fully saturated rings. The van der Waals surface area contributed by atoms with Crippen molar-refractivity contribution in [2.45, 2.75) is 6.54 Å². The Balaban J connectivity index is 1.39. The zero-order valence-electron chi connectivity index (χ0n) is 16.1. The van der Waals surface area contributed by atoms with Gasteiger partial charge in [0.15, 0.2) is 11.5 Å². The van der Waals surface area contributed by atoms with E-state index < -0.39 is 0 Å². The van der Waals surface area contributed by atoms with Crippen LogP contribution in [0.3, 0.4) is 0 Å². The fraction of sp³-hybridized carbons (Fsp3) is 0.136. The summed E-state index contributed by atoms with van der Waals surface area (Å²) in [6.07, 6.45) is 5.44. The van der Waals surface area contributed by atoms with Crippen molar-refractivity contribution in [1.82, 2.24) is 19.7 Å². The van der Waals surface area contributed by atoms with Gasteiger partial charge in [-0.05, 0) is 17.7 Å². The van der Waals surface area contributed by atoms with E-state index in [0.717, 1.165) is 34.0 Å². The lowest BCUT2D eigenvalue weighted by Gasteiger charge is -2.08. The molecule has 2 aromatic carbocycles. The van der Waals surface area contributed by atoms with Crippen LogP contribution in [0.25, 0.3) is 16.9 Å². The van der Waals surface area contributed by atoms with Gasteiger partial charge in [0.2, 0.25) is 5.91 Å². The third-order valence-electron chi connectivity index (χ3n) is 4.59. The van der Waals surface area contributed by atoms with Crippen molar-refractivity contribution < 1.29 is 4.79 Å². The van der Waals surface area contributed by atoms with Crippen LogP contribution < -0.4 is 16.0 Å². The van der Waals surface area contributed by atoms with Crippen molar-refractivity contribution in [3.05, 3.63) is 78.8 Å². The highest BCUT2D eigenvalue weighted by atomic mass is 16.1. The van der Waals surface area contributed by atoms with E-state index in [0.29, 0.717) is 6.54 Å². The van der Waals surface area contributed by atoms with Crippen LogP contribution in [0.4, 0.5) is 11.5 Å². The maximum atomic E-state index is 12.2. The summed E-state index contributed by atoms with van der Waals surface area (Å²) in [7, 11) is 1.82. The number of nitrogens with one attached hydrogen (secondary N) is 3.